The summed E-state index contributed by atoms with van der Waals surface area (Å²) in [6.07, 6.45) is -2.17. The molecule has 26 heavy (non-hydrogen) atoms. The van der Waals surface area contributed by atoms with Crippen molar-refractivity contribution in [1.82, 2.24) is 0 Å². The number of amidine groups is 1. The second kappa shape index (κ2) is 7.40. The highest BCUT2D eigenvalue weighted by Crippen LogP contribution is 2.34. The number of halogens is 4. The number of rotatable bonds is 3. The molecular weight excluding hydrogens is 391 g/mol. The van der Waals surface area contributed by atoms with E-state index in [4.69, 9.17) is 11.6 Å². The van der Waals surface area contributed by atoms with Crippen molar-refractivity contribution in [3.8, 4) is 0 Å². The van der Waals surface area contributed by atoms with E-state index in [-0.39, 0.29) is 33.5 Å². The molecule has 1 aliphatic carbocycles. The first-order valence-electron chi connectivity index (χ1n) is 7.73. The van der Waals surface area contributed by atoms with Gasteiger partial charge in [-0.15, -0.1) is 0 Å². The highest BCUT2D eigenvalue weighted by Gasteiger charge is 2.33. The lowest BCUT2D eigenvalue weighted by atomic mass is 10.1. The molecule has 3 rings (SSSR count). The quantitative estimate of drug-likeness (QED) is 0.823. The molecule has 5 nitrogen and oxygen atoms in total. The summed E-state index contributed by atoms with van der Waals surface area (Å²) >= 11 is 6.80. The van der Waals surface area contributed by atoms with Crippen LogP contribution in [0.2, 0.25) is 5.02 Å². The summed E-state index contributed by atoms with van der Waals surface area (Å²) in [4.78, 5) is 32.1. The van der Waals surface area contributed by atoms with Gasteiger partial charge in [-0.2, -0.15) is 18.2 Å². The SMILES string of the molecule is O=C(CSC1=NC(=O)C2CCCC2=N1)Nc1cc(C(F)(F)F)ccc1Cl. The average molecular weight is 404 g/mol. The Kier molecular flexibility index (Phi) is 5.38. The summed E-state index contributed by atoms with van der Waals surface area (Å²) in [6.45, 7) is 0. The summed E-state index contributed by atoms with van der Waals surface area (Å²) in [5.41, 5.74) is -0.254. The van der Waals surface area contributed by atoms with E-state index in [1.807, 2.05) is 0 Å². The summed E-state index contributed by atoms with van der Waals surface area (Å²) in [6, 6.07) is 2.68. The zero-order valence-corrected chi connectivity index (χ0v) is 14.8. The van der Waals surface area contributed by atoms with Crippen molar-refractivity contribution < 1.29 is 22.8 Å². The number of aliphatic imine (C=N–C) groups is 2. The second-order valence-electron chi connectivity index (χ2n) is 5.81. The summed E-state index contributed by atoms with van der Waals surface area (Å²) in [5.74, 6) is -1.21. The summed E-state index contributed by atoms with van der Waals surface area (Å²) in [7, 11) is 0. The number of thioether (sulfide) groups is 1. The number of hydrogen-bond acceptors (Lipinski definition) is 4. The lowest BCUT2D eigenvalue weighted by Gasteiger charge is -2.14. The molecule has 0 spiro atoms. The molecule has 138 valence electrons. The molecule has 1 aromatic rings. The first-order chi connectivity index (χ1) is 12.2. The van der Waals surface area contributed by atoms with Gasteiger partial charge < -0.3 is 5.32 Å². The molecule has 1 heterocycles. The van der Waals surface area contributed by atoms with E-state index in [0.717, 1.165) is 54.9 Å². The Balaban J connectivity index is 1.62. The van der Waals surface area contributed by atoms with Crippen molar-refractivity contribution in [2.45, 2.75) is 25.4 Å². The standard InChI is InChI=1S/C16H13ClF3N3O2S/c17-10-5-4-8(16(18,19)20)6-12(10)21-13(24)7-26-15-22-11-3-1-2-9(11)14(25)23-15/h4-6,9H,1-3,7H2,(H,21,24). The maximum Gasteiger partial charge on any atom is 0.416 e. The number of alkyl halides is 3. The van der Waals surface area contributed by atoms with Crippen LogP contribution in [0.15, 0.2) is 28.2 Å². The Bertz CT molecular complexity index is 823. The molecule has 2 aliphatic rings. The van der Waals surface area contributed by atoms with Crippen LogP contribution < -0.4 is 5.32 Å². The van der Waals surface area contributed by atoms with Gasteiger partial charge in [-0.3, -0.25) is 9.59 Å². The molecule has 1 unspecified atom stereocenters. The molecule has 0 radical (unpaired) electrons. The van der Waals surface area contributed by atoms with Crippen LogP contribution in [-0.4, -0.2) is 28.4 Å². The van der Waals surface area contributed by atoms with Gasteiger partial charge in [0, 0.05) is 5.71 Å². The van der Waals surface area contributed by atoms with Crippen molar-refractivity contribution in [2.75, 3.05) is 11.1 Å². The highest BCUT2D eigenvalue weighted by atomic mass is 35.5. The average Bonchev–Trinajstić information content (AvgIpc) is 3.03. The van der Waals surface area contributed by atoms with Crippen LogP contribution in [-0.2, 0) is 15.8 Å². The van der Waals surface area contributed by atoms with Gasteiger partial charge in [-0.25, -0.2) is 4.99 Å². The fourth-order valence-electron chi connectivity index (χ4n) is 2.73. The topological polar surface area (TPSA) is 70.9 Å². The minimum atomic E-state index is -4.54. The number of nitrogens with one attached hydrogen (secondary N) is 1. The second-order valence-corrected chi connectivity index (χ2v) is 7.16. The number of carbonyl (C=O) groups is 2. The number of anilines is 1. The van der Waals surface area contributed by atoms with Crippen LogP contribution in [0.1, 0.15) is 24.8 Å². The number of hydrogen-bond donors (Lipinski definition) is 1. The van der Waals surface area contributed by atoms with Crippen molar-refractivity contribution in [3.05, 3.63) is 28.8 Å². The van der Waals surface area contributed by atoms with Crippen LogP contribution in [0.25, 0.3) is 0 Å². The van der Waals surface area contributed by atoms with E-state index in [1.54, 1.807) is 0 Å². The van der Waals surface area contributed by atoms with Gasteiger partial charge in [0.25, 0.3) is 5.91 Å². The van der Waals surface area contributed by atoms with E-state index in [9.17, 15) is 22.8 Å². The van der Waals surface area contributed by atoms with E-state index in [2.05, 4.69) is 15.3 Å². The van der Waals surface area contributed by atoms with Crippen LogP contribution in [0.3, 0.4) is 0 Å². The molecule has 0 bridgehead atoms. The first-order valence-corrected chi connectivity index (χ1v) is 9.10. The normalized spacial score (nSPS) is 19.7. The molecule has 10 heteroatoms. The number of fused-ring (bicyclic) bond motifs is 1. The van der Waals surface area contributed by atoms with Gasteiger partial charge in [0.2, 0.25) is 5.91 Å². The molecule has 1 N–H and O–H groups in total. The lowest BCUT2D eigenvalue weighted by molar-refractivity contribution is -0.137. The van der Waals surface area contributed by atoms with Crippen LogP contribution in [0.5, 0.6) is 0 Å². The fraction of sp³-hybridized carbons (Fsp3) is 0.375. The predicted octanol–water partition coefficient (Wildman–Crippen LogP) is 4.17. The monoisotopic (exact) mass is 403 g/mol. The summed E-state index contributed by atoms with van der Waals surface area (Å²) < 4.78 is 38.2. The van der Waals surface area contributed by atoms with Crippen LogP contribution in [0, 0.1) is 5.92 Å². The third-order valence-corrected chi connectivity index (χ3v) is 5.15. The minimum absolute atomic E-state index is 0.00410. The van der Waals surface area contributed by atoms with Gasteiger partial charge in [0.15, 0.2) is 5.17 Å². The largest absolute Gasteiger partial charge is 0.416 e. The molecule has 1 atom stereocenters. The fourth-order valence-corrected chi connectivity index (χ4v) is 3.56. The Labute approximate surface area is 156 Å². The highest BCUT2D eigenvalue weighted by molar-refractivity contribution is 8.14. The smallest absolute Gasteiger partial charge is 0.324 e. The van der Waals surface area contributed by atoms with Gasteiger partial charge in [-0.1, -0.05) is 23.4 Å². The van der Waals surface area contributed by atoms with Crippen molar-refractivity contribution in [3.63, 3.8) is 0 Å². The lowest BCUT2D eigenvalue weighted by Crippen LogP contribution is -2.24. The van der Waals surface area contributed by atoms with Crippen molar-refractivity contribution in [2.24, 2.45) is 15.9 Å². The maximum absolute atomic E-state index is 12.7. The number of amides is 2. The van der Waals surface area contributed by atoms with E-state index in [0.29, 0.717) is 0 Å². The number of carbonyl (C=O) groups excluding carboxylic acids is 2. The Morgan fingerprint density at radius 2 is 2.12 bits per heavy atom. The van der Waals surface area contributed by atoms with Gasteiger partial charge in [0.05, 0.1) is 27.9 Å². The number of nitrogens with zero attached hydrogens (tertiary/aromatic N) is 2. The van der Waals surface area contributed by atoms with Crippen molar-refractivity contribution in [1.29, 1.82) is 0 Å². The zero-order valence-electron chi connectivity index (χ0n) is 13.3. The molecule has 2 amide bonds. The van der Waals surface area contributed by atoms with E-state index in [1.165, 1.54) is 0 Å². The van der Waals surface area contributed by atoms with E-state index < -0.39 is 17.6 Å². The third kappa shape index (κ3) is 4.27. The van der Waals surface area contributed by atoms with Crippen molar-refractivity contribution >= 4 is 51.7 Å². The molecular formula is C16H13ClF3N3O2S. The Morgan fingerprint density at radius 3 is 2.85 bits per heavy atom. The Hall–Kier alpha value is -1.87. The molecule has 1 aromatic carbocycles. The minimum Gasteiger partial charge on any atom is -0.324 e. The first kappa shape index (κ1) is 18.9. The maximum atomic E-state index is 12.7. The van der Waals surface area contributed by atoms with Gasteiger partial charge >= 0.3 is 6.18 Å². The van der Waals surface area contributed by atoms with E-state index >= 15 is 0 Å². The van der Waals surface area contributed by atoms with Gasteiger partial charge in [-0.05, 0) is 37.5 Å². The number of benzene rings is 1. The molecule has 1 fully saturated rings. The zero-order chi connectivity index (χ0) is 18.9. The Morgan fingerprint density at radius 1 is 1.35 bits per heavy atom. The van der Waals surface area contributed by atoms with Crippen LogP contribution in [0.4, 0.5) is 18.9 Å². The predicted molar refractivity (Wildman–Crippen MR) is 94.8 cm³/mol. The van der Waals surface area contributed by atoms with Crippen LogP contribution >= 0.6 is 23.4 Å². The summed E-state index contributed by atoms with van der Waals surface area (Å²) in [5, 5.41) is 2.54. The van der Waals surface area contributed by atoms with Gasteiger partial charge in [0.1, 0.15) is 0 Å². The molecule has 1 saturated carbocycles. The third-order valence-electron chi connectivity index (χ3n) is 3.97. The molecule has 0 saturated heterocycles. The molecule has 1 aliphatic heterocycles. The molecule has 0 aromatic heterocycles.